The largest absolute Gasteiger partial charge is 0.481 e. The van der Waals surface area contributed by atoms with E-state index in [1.807, 2.05) is 4.90 Å². The number of aliphatic imine (C=N–C) groups is 1. The van der Waals surface area contributed by atoms with Gasteiger partial charge in [-0.05, 0) is 5.41 Å². The molecule has 0 atom stereocenters. The minimum absolute atomic E-state index is 0.0132. The summed E-state index contributed by atoms with van der Waals surface area (Å²) in [4.78, 5) is 16.5. The van der Waals surface area contributed by atoms with Crippen LogP contribution >= 0.6 is 11.8 Å². The van der Waals surface area contributed by atoms with Crippen molar-refractivity contribution in [1.82, 2.24) is 4.90 Å². The van der Waals surface area contributed by atoms with Crippen molar-refractivity contribution in [2.45, 2.75) is 6.42 Å². The first-order valence-electron chi connectivity index (χ1n) is 4.04. The van der Waals surface area contributed by atoms with Gasteiger partial charge < -0.3 is 15.7 Å². The molecule has 0 fully saturated rings. The Balaban J connectivity index is 2.15. The first-order chi connectivity index (χ1) is 6.66. The van der Waals surface area contributed by atoms with Crippen molar-refractivity contribution in [3.05, 3.63) is 23.0 Å². The van der Waals surface area contributed by atoms with Crippen molar-refractivity contribution in [3.8, 4) is 0 Å². The van der Waals surface area contributed by atoms with E-state index in [4.69, 9.17) is 10.8 Å². The quantitative estimate of drug-likeness (QED) is 0.696. The van der Waals surface area contributed by atoms with Gasteiger partial charge in [0.1, 0.15) is 0 Å². The molecule has 2 aliphatic rings. The number of thioether (sulfide) groups is 1. The average Bonchev–Trinajstić information content (AvgIpc) is 2.47. The van der Waals surface area contributed by atoms with Gasteiger partial charge in [-0.1, -0.05) is 11.8 Å². The molecule has 0 saturated heterocycles. The van der Waals surface area contributed by atoms with Crippen molar-refractivity contribution in [3.63, 3.8) is 0 Å². The molecule has 0 aromatic carbocycles. The van der Waals surface area contributed by atoms with Crippen LogP contribution in [0.3, 0.4) is 0 Å². The zero-order chi connectivity index (χ0) is 10.1. The number of aliphatic carboxylic acids is 1. The van der Waals surface area contributed by atoms with E-state index in [9.17, 15) is 4.79 Å². The summed E-state index contributed by atoms with van der Waals surface area (Å²) in [5.74, 6) is -0.841. The molecule has 2 aliphatic heterocycles. The molecule has 14 heavy (non-hydrogen) atoms. The summed E-state index contributed by atoms with van der Waals surface area (Å²) in [6.45, 7) is 0.533. The predicted octanol–water partition coefficient (Wildman–Crippen LogP) is 0.521. The summed E-state index contributed by atoms with van der Waals surface area (Å²) in [6.07, 6.45) is 1.62. The van der Waals surface area contributed by atoms with Crippen LogP contribution in [0.2, 0.25) is 0 Å². The molecule has 6 heteroatoms. The van der Waals surface area contributed by atoms with Crippen LogP contribution < -0.4 is 5.73 Å². The number of hydrogen-bond acceptors (Lipinski definition) is 5. The highest BCUT2D eigenvalue weighted by Crippen LogP contribution is 2.30. The Morgan fingerprint density at radius 1 is 1.79 bits per heavy atom. The first kappa shape index (κ1) is 9.14. The SMILES string of the molecule is NC1=CN=C2SC=C(CC(=O)O)N2C1. The van der Waals surface area contributed by atoms with E-state index in [-0.39, 0.29) is 6.42 Å². The number of nitrogens with two attached hydrogens (primary N) is 1. The third-order valence-electron chi connectivity index (χ3n) is 1.89. The van der Waals surface area contributed by atoms with Gasteiger partial charge in [0.15, 0.2) is 5.17 Å². The Morgan fingerprint density at radius 3 is 3.29 bits per heavy atom. The highest BCUT2D eigenvalue weighted by atomic mass is 32.2. The smallest absolute Gasteiger partial charge is 0.309 e. The highest BCUT2D eigenvalue weighted by molar-refractivity contribution is 8.16. The van der Waals surface area contributed by atoms with E-state index in [1.54, 1.807) is 11.6 Å². The van der Waals surface area contributed by atoms with Gasteiger partial charge in [-0.2, -0.15) is 0 Å². The van der Waals surface area contributed by atoms with E-state index in [2.05, 4.69) is 4.99 Å². The molecular formula is C8H9N3O2S. The van der Waals surface area contributed by atoms with E-state index in [0.29, 0.717) is 12.2 Å². The van der Waals surface area contributed by atoms with Crippen molar-refractivity contribution in [2.24, 2.45) is 10.7 Å². The van der Waals surface area contributed by atoms with Crippen LogP contribution in [0, 0.1) is 0 Å². The molecule has 3 N–H and O–H groups in total. The van der Waals surface area contributed by atoms with Gasteiger partial charge in [-0.25, -0.2) is 4.99 Å². The standard InChI is InChI=1S/C8H9N3O2S/c9-5-2-10-8-11(3-5)6(4-14-8)1-7(12)13/h2,4H,1,3,9H2,(H,12,13). The van der Waals surface area contributed by atoms with E-state index >= 15 is 0 Å². The molecule has 2 rings (SSSR count). The number of rotatable bonds is 2. The van der Waals surface area contributed by atoms with Gasteiger partial charge in [0, 0.05) is 11.4 Å². The second kappa shape index (κ2) is 3.38. The summed E-state index contributed by atoms with van der Waals surface area (Å²) in [5, 5.41) is 11.3. The molecule has 0 amide bonds. The third kappa shape index (κ3) is 1.60. The second-order valence-corrected chi connectivity index (χ2v) is 3.84. The summed E-state index contributed by atoms with van der Waals surface area (Å²) in [5.41, 5.74) is 7.01. The van der Waals surface area contributed by atoms with Crippen LogP contribution in [0.25, 0.3) is 0 Å². The van der Waals surface area contributed by atoms with Crippen LogP contribution in [0.4, 0.5) is 0 Å². The number of fused-ring (bicyclic) bond motifs is 1. The van der Waals surface area contributed by atoms with Crippen molar-refractivity contribution in [1.29, 1.82) is 0 Å². The Bertz CT molecular complexity index is 373. The van der Waals surface area contributed by atoms with Gasteiger partial charge in [0.2, 0.25) is 0 Å². The van der Waals surface area contributed by atoms with E-state index in [0.717, 1.165) is 10.9 Å². The molecule has 0 aromatic heterocycles. The summed E-state index contributed by atoms with van der Waals surface area (Å²) < 4.78 is 0. The fourth-order valence-corrected chi connectivity index (χ4v) is 2.17. The maximum atomic E-state index is 10.5. The van der Waals surface area contributed by atoms with Gasteiger partial charge in [0.25, 0.3) is 0 Å². The predicted molar refractivity (Wildman–Crippen MR) is 54.3 cm³/mol. The number of amidine groups is 1. The molecule has 0 unspecified atom stereocenters. The van der Waals surface area contributed by atoms with Gasteiger partial charge >= 0.3 is 5.97 Å². The Hall–Kier alpha value is -1.43. The van der Waals surface area contributed by atoms with E-state index < -0.39 is 5.97 Å². The number of carbonyl (C=O) groups is 1. The number of hydrogen-bond donors (Lipinski definition) is 2. The molecule has 0 spiro atoms. The number of carboxylic acid groups (broad SMARTS) is 1. The van der Waals surface area contributed by atoms with Crippen molar-refractivity contribution in [2.75, 3.05) is 6.54 Å². The van der Waals surface area contributed by atoms with Crippen LogP contribution in [-0.4, -0.2) is 27.7 Å². The monoisotopic (exact) mass is 211 g/mol. The average molecular weight is 211 g/mol. The lowest BCUT2D eigenvalue weighted by Gasteiger charge is -2.23. The minimum Gasteiger partial charge on any atom is -0.481 e. The van der Waals surface area contributed by atoms with Crippen molar-refractivity contribution < 1.29 is 9.90 Å². The number of nitrogens with zero attached hydrogens (tertiary/aromatic N) is 2. The zero-order valence-corrected chi connectivity index (χ0v) is 8.12. The van der Waals surface area contributed by atoms with Crippen LogP contribution in [0.5, 0.6) is 0 Å². The molecule has 2 heterocycles. The molecule has 0 aliphatic carbocycles. The molecule has 0 bridgehead atoms. The van der Waals surface area contributed by atoms with E-state index in [1.165, 1.54) is 11.8 Å². The highest BCUT2D eigenvalue weighted by Gasteiger charge is 2.26. The molecule has 74 valence electrons. The van der Waals surface area contributed by atoms with Crippen molar-refractivity contribution >= 4 is 22.9 Å². The fourth-order valence-electron chi connectivity index (χ4n) is 1.29. The summed E-state index contributed by atoms with van der Waals surface area (Å²) in [7, 11) is 0. The van der Waals surface area contributed by atoms with Gasteiger partial charge in [-0.15, -0.1) is 0 Å². The van der Waals surface area contributed by atoms with Crippen LogP contribution in [0.1, 0.15) is 6.42 Å². The minimum atomic E-state index is -0.841. The Labute approximate surface area is 85.0 Å². The second-order valence-electron chi connectivity index (χ2n) is 3.00. The maximum Gasteiger partial charge on any atom is 0.309 e. The van der Waals surface area contributed by atoms with Gasteiger partial charge in [0.05, 0.1) is 19.2 Å². The summed E-state index contributed by atoms with van der Waals surface area (Å²) in [6, 6.07) is 0. The lowest BCUT2D eigenvalue weighted by atomic mass is 10.3. The van der Waals surface area contributed by atoms with Crippen LogP contribution in [-0.2, 0) is 4.79 Å². The normalized spacial score (nSPS) is 19.7. The Morgan fingerprint density at radius 2 is 2.57 bits per heavy atom. The summed E-state index contributed by atoms with van der Waals surface area (Å²) >= 11 is 1.43. The number of carboxylic acids is 1. The molecule has 0 radical (unpaired) electrons. The maximum absolute atomic E-state index is 10.5. The topological polar surface area (TPSA) is 78.9 Å². The molecule has 0 aromatic rings. The lowest BCUT2D eigenvalue weighted by molar-refractivity contribution is -0.136. The zero-order valence-electron chi connectivity index (χ0n) is 7.30. The Kier molecular flexibility index (Phi) is 2.20. The third-order valence-corrected chi connectivity index (χ3v) is 2.82. The first-order valence-corrected chi connectivity index (χ1v) is 4.92. The molecule has 0 saturated carbocycles. The van der Waals surface area contributed by atoms with Gasteiger partial charge in [-0.3, -0.25) is 4.79 Å². The molecular weight excluding hydrogens is 202 g/mol. The molecule has 5 nitrogen and oxygen atoms in total. The lowest BCUT2D eigenvalue weighted by Crippen LogP contribution is -2.31. The fraction of sp³-hybridized carbons (Fsp3) is 0.250. The van der Waals surface area contributed by atoms with Crippen LogP contribution in [0.15, 0.2) is 28.0 Å².